The van der Waals surface area contributed by atoms with Gasteiger partial charge in [0.15, 0.2) is 5.58 Å². The van der Waals surface area contributed by atoms with Crippen molar-refractivity contribution in [2.75, 3.05) is 0 Å². The molecule has 3 heteroatoms. The van der Waals surface area contributed by atoms with Crippen molar-refractivity contribution in [3.05, 3.63) is 33.8 Å². The van der Waals surface area contributed by atoms with Gasteiger partial charge in [0.05, 0.1) is 5.52 Å². The van der Waals surface area contributed by atoms with Crippen molar-refractivity contribution in [1.29, 1.82) is 0 Å². The van der Waals surface area contributed by atoms with Gasteiger partial charge < -0.3 is 4.42 Å². The molecular weight excluding hydrogens is 202 g/mol. The molecular formula is C13H17NO2. The number of aromatic amines is 1. The van der Waals surface area contributed by atoms with E-state index < -0.39 is 0 Å². The molecule has 2 rings (SSSR count). The predicted molar refractivity (Wildman–Crippen MR) is 64.8 cm³/mol. The third kappa shape index (κ3) is 2.03. The van der Waals surface area contributed by atoms with Crippen molar-refractivity contribution < 1.29 is 4.42 Å². The molecule has 86 valence electrons. The van der Waals surface area contributed by atoms with Crippen LogP contribution >= 0.6 is 0 Å². The standard InChI is InChI=1S/C13H17NO2/c1-3-5-6-10-7-11-12(8-9(10)4-2)16-13(15)14-11/h7-8H,3-6H2,1-2H3,(H,14,15). The Morgan fingerprint density at radius 3 is 2.75 bits per heavy atom. The van der Waals surface area contributed by atoms with Crippen LogP contribution in [0.2, 0.25) is 0 Å². The molecule has 0 bridgehead atoms. The van der Waals surface area contributed by atoms with Crippen LogP contribution in [0.15, 0.2) is 21.3 Å². The van der Waals surface area contributed by atoms with Gasteiger partial charge in [0.2, 0.25) is 0 Å². The second kappa shape index (κ2) is 4.56. The molecule has 2 aromatic rings. The highest BCUT2D eigenvalue weighted by Gasteiger charge is 2.07. The summed E-state index contributed by atoms with van der Waals surface area (Å²) in [6.07, 6.45) is 4.41. The van der Waals surface area contributed by atoms with E-state index in [0.717, 1.165) is 18.4 Å². The highest BCUT2D eigenvalue weighted by Crippen LogP contribution is 2.20. The molecule has 0 fully saturated rings. The van der Waals surface area contributed by atoms with Gasteiger partial charge >= 0.3 is 5.76 Å². The molecule has 1 heterocycles. The normalized spacial score (nSPS) is 11.1. The van der Waals surface area contributed by atoms with Crippen LogP contribution in [0.25, 0.3) is 11.1 Å². The minimum Gasteiger partial charge on any atom is -0.408 e. The molecule has 0 radical (unpaired) electrons. The number of hydrogen-bond acceptors (Lipinski definition) is 2. The molecule has 0 atom stereocenters. The van der Waals surface area contributed by atoms with Gasteiger partial charge in [-0.05, 0) is 42.5 Å². The minimum absolute atomic E-state index is 0.371. The lowest BCUT2D eigenvalue weighted by Gasteiger charge is -2.06. The quantitative estimate of drug-likeness (QED) is 0.859. The number of nitrogens with one attached hydrogen (secondary N) is 1. The van der Waals surface area contributed by atoms with Crippen molar-refractivity contribution in [3.63, 3.8) is 0 Å². The third-order valence-corrected chi connectivity index (χ3v) is 2.92. The monoisotopic (exact) mass is 219 g/mol. The molecule has 1 N–H and O–H groups in total. The van der Waals surface area contributed by atoms with Gasteiger partial charge in [0.25, 0.3) is 0 Å². The number of hydrogen-bond donors (Lipinski definition) is 1. The lowest BCUT2D eigenvalue weighted by Crippen LogP contribution is -1.94. The molecule has 1 aromatic heterocycles. The van der Waals surface area contributed by atoms with E-state index in [4.69, 9.17) is 4.42 Å². The van der Waals surface area contributed by atoms with E-state index in [9.17, 15) is 4.79 Å². The maximum Gasteiger partial charge on any atom is 0.417 e. The van der Waals surface area contributed by atoms with E-state index in [1.165, 1.54) is 24.0 Å². The van der Waals surface area contributed by atoms with E-state index >= 15 is 0 Å². The zero-order valence-corrected chi connectivity index (χ0v) is 9.80. The zero-order valence-electron chi connectivity index (χ0n) is 9.80. The topological polar surface area (TPSA) is 46.0 Å². The Balaban J connectivity index is 2.48. The van der Waals surface area contributed by atoms with Crippen LogP contribution < -0.4 is 5.76 Å². The maximum absolute atomic E-state index is 11.1. The second-order valence-corrected chi connectivity index (χ2v) is 4.09. The molecule has 0 spiro atoms. The van der Waals surface area contributed by atoms with Crippen LogP contribution in [0.5, 0.6) is 0 Å². The molecule has 0 aliphatic rings. The van der Waals surface area contributed by atoms with E-state index in [1.807, 2.05) is 6.07 Å². The van der Waals surface area contributed by atoms with Gasteiger partial charge in [-0.15, -0.1) is 0 Å². The Morgan fingerprint density at radius 2 is 2.06 bits per heavy atom. The first-order chi connectivity index (χ1) is 7.74. The van der Waals surface area contributed by atoms with Gasteiger partial charge in [-0.25, -0.2) is 4.79 Å². The number of rotatable bonds is 4. The Hall–Kier alpha value is -1.51. The van der Waals surface area contributed by atoms with Crippen LogP contribution in [0, 0.1) is 0 Å². The molecule has 0 aliphatic carbocycles. The number of oxazole rings is 1. The van der Waals surface area contributed by atoms with Crippen LogP contribution in [-0.4, -0.2) is 4.98 Å². The maximum atomic E-state index is 11.1. The summed E-state index contributed by atoms with van der Waals surface area (Å²) in [6.45, 7) is 4.31. The fourth-order valence-corrected chi connectivity index (χ4v) is 2.01. The number of fused-ring (bicyclic) bond motifs is 1. The van der Waals surface area contributed by atoms with E-state index in [0.29, 0.717) is 5.58 Å². The van der Waals surface area contributed by atoms with Crippen molar-refractivity contribution in [1.82, 2.24) is 4.98 Å². The predicted octanol–water partition coefficient (Wildman–Crippen LogP) is 3.03. The number of aryl methyl sites for hydroxylation is 2. The fraction of sp³-hybridized carbons (Fsp3) is 0.462. The summed E-state index contributed by atoms with van der Waals surface area (Å²) in [4.78, 5) is 13.8. The summed E-state index contributed by atoms with van der Waals surface area (Å²) >= 11 is 0. The number of unbranched alkanes of at least 4 members (excludes halogenated alkanes) is 1. The lowest BCUT2D eigenvalue weighted by atomic mass is 9.99. The highest BCUT2D eigenvalue weighted by molar-refractivity contribution is 5.74. The first-order valence-corrected chi connectivity index (χ1v) is 5.89. The van der Waals surface area contributed by atoms with Crippen LogP contribution in [0.4, 0.5) is 0 Å². The van der Waals surface area contributed by atoms with Crippen molar-refractivity contribution in [3.8, 4) is 0 Å². The number of benzene rings is 1. The van der Waals surface area contributed by atoms with Gasteiger partial charge in [0, 0.05) is 0 Å². The van der Waals surface area contributed by atoms with Gasteiger partial charge in [-0.3, -0.25) is 4.98 Å². The number of H-pyrrole nitrogens is 1. The van der Waals surface area contributed by atoms with Crippen LogP contribution in [-0.2, 0) is 12.8 Å². The Kier molecular flexibility index (Phi) is 3.13. The molecule has 0 saturated heterocycles. The summed E-state index contributed by atoms with van der Waals surface area (Å²) in [5.41, 5.74) is 4.09. The Labute approximate surface area is 94.5 Å². The first kappa shape index (κ1) is 11.0. The number of aromatic nitrogens is 1. The van der Waals surface area contributed by atoms with Crippen molar-refractivity contribution >= 4 is 11.1 Å². The third-order valence-electron chi connectivity index (χ3n) is 2.92. The van der Waals surface area contributed by atoms with Gasteiger partial charge in [-0.2, -0.15) is 0 Å². The molecule has 0 saturated carbocycles. The fourth-order valence-electron chi connectivity index (χ4n) is 2.01. The first-order valence-electron chi connectivity index (χ1n) is 5.89. The SMILES string of the molecule is CCCCc1cc2[nH]c(=O)oc2cc1CC. The molecule has 0 aliphatic heterocycles. The summed E-state index contributed by atoms with van der Waals surface area (Å²) in [7, 11) is 0. The molecule has 0 unspecified atom stereocenters. The van der Waals surface area contributed by atoms with Gasteiger partial charge in [-0.1, -0.05) is 20.3 Å². The molecule has 3 nitrogen and oxygen atoms in total. The summed E-state index contributed by atoms with van der Waals surface area (Å²) < 4.78 is 5.06. The Bertz CT molecular complexity index is 536. The smallest absolute Gasteiger partial charge is 0.408 e. The molecule has 0 amide bonds. The summed E-state index contributed by atoms with van der Waals surface area (Å²) in [5.74, 6) is -0.371. The van der Waals surface area contributed by atoms with E-state index in [2.05, 4.69) is 24.9 Å². The van der Waals surface area contributed by atoms with Gasteiger partial charge in [0.1, 0.15) is 0 Å². The van der Waals surface area contributed by atoms with Crippen LogP contribution in [0.3, 0.4) is 0 Å². The second-order valence-electron chi connectivity index (χ2n) is 4.09. The average Bonchev–Trinajstić information content (AvgIpc) is 2.63. The Morgan fingerprint density at radius 1 is 1.25 bits per heavy atom. The highest BCUT2D eigenvalue weighted by atomic mass is 16.4. The van der Waals surface area contributed by atoms with Crippen molar-refractivity contribution in [2.45, 2.75) is 39.5 Å². The molecule has 16 heavy (non-hydrogen) atoms. The largest absolute Gasteiger partial charge is 0.417 e. The summed E-state index contributed by atoms with van der Waals surface area (Å²) in [6, 6.07) is 4.03. The van der Waals surface area contributed by atoms with E-state index in [-0.39, 0.29) is 5.76 Å². The summed E-state index contributed by atoms with van der Waals surface area (Å²) in [5, 5.41) is 0. The van der Waals surface area contributed by atoms with Crippen molar-refractivity contribution in [2.24, 2.45) is 0 Å². The minimum atomic E-state index is -0.371. The molecule has 1 aromatic carbocycles. The van der Waals surface area contributed by atoms with Crippen LogP contribution in [0.1, 0.15) is 37.8 Å². The lowest BCUT2D eigenvalue weighted by molar-refractivity contribution is 0.555. The average molecular weight is 219 g/mol. The zero-order chi connectivity index (χ0) is 11.5. The van der Waals surface area contributed by atoms with E-state index in [1.54, 1.807) is 0 Å².